The molecule has 1 aromatic heterocycles. The highest BCUT2D eigenvalue weighted by molar-refractivity contribution is 7.09. The molecule has 1 aliphatic heterocycles. The molecule has 19 heavy (non-hydrogen) atoms. The van der Waals surface area contributed by atoms with Crippen molar-refractivity contribution in [2.45, 2.75) is 26.4 Å². The molecule has 0 bridgehead atoms. The monoisotopic (exact) mass is 283 g/mol. The van der Waals surface area contributed by atoms with Crippen molar-refractivity contribution in [1.82, 2.24) is 14.8 Å². The van der Waals surface area contributed by atoms with Gasteiger partial charge in [0.2, 0.25) is 5.91 Å². The van der Waals surface area contributed by atoms with Crippen LogP contribution in [0.5, 0.6) is 0 Å². The van der Waals surface area contributed by atoms with E-state index in [1.165, 1.54) is 0 Å². The number of β-amino-alcohol motifs (C(OH)–C–C–N with tert-alkyl or cyclic N) is 1. The smallest absolute Gasteiger partial charge is 0.228 e. The molecular weight excluding hydrogens is 262 g/mol. The summed E-state index contributed by atoms with van der Waals surface area (Å²) in [5, 5.41) is 12.3. The molecule has 1 fully saturated rings. The van der Waals surface area contributed by atoms with Gasteiger partial charge in [-0.1, -0.05) is 0 Å². The first-order valence-corrected chi connectivity index (χ1v) is 7.52. The van der Waals surface area contributed by atoms with Crippen LogP contribution < -0.4 is 0 Å². The maximum absolute atomic E-state index is 12.1. The largest absolute Gasteiger partial charge is 0.392 e. The number of aryl methyl sites for hydroxylation is 1. The number of carbonyl (C=O) groups excluding carboxylic acids is 1. The van der Waals surface area contributed by atoms with Gasteiger partial charge >= 0.3 is 0 Å². The molecule has 1 atom stereocenters. The first-order valence-electron chi connectivity index (χ1n) is 6.64. The number of nitrogens with zero attached hydrogens (tertiary/aromatic N) is 3. The van der Waals surface area contributed by atoms with Crippen molar-refractivity contribution in [2.24, 2.45) is 0 Å². The number of aliphatic hydroxyl groups is 1. The molecule has 2 rings (SSSR count). The molecule has 0 unspecified atom stereocenters. The molecule has 6 heteroatoms. The fourth-order valence-electron chi connectivity index (χ4n) is 2.31. The molecule has 0 aliphatic carbocycles. The topological polar surface area (TPSA) is 56.7 Å². The highest BCUT2D eigenvalue weighted by atomic mass is 32.1. The summed E-state index contributed by atoms with van der Waals surface area (Å²) in [6.07, 6.45) is 0.0982. The van der Waals surface area contributed by atoms with Crippen LogP contribution in [0.4, 0.5) is 0 Å². The number of hydrogen-bond donors (Lipinski definition) is 1. The van der Waals surface area contributed by atoms with Gasteiger partial charge in [-0.2, -0.15) is 0 Å². The summed E-state index contributed by atoms with van der Waals surface area (Å²) in [4.78, 5) is 20.5. The molecule has 5 nitrogen and oxygen atoms in total. The molecule has 0 saturated carbocycles. The van der Waals surface area contributed by atoms with Crippen molar-refractivity contribution in [3.8, 4) is 0 Å². The minimum Gasteiger partial charge on any atom is -0.392 e. The lowest BCUT2D eigenvalue weighted by atomic mass is 10.2. The Morgan fingerprint density at radius 1 is 1.47 bits per heavy atom. The molecular formula is C13H21N3O2S. The number of hydrogen-bond acceptors (Lipinski definition) is 5. The summed E-state index contributed by atoms with van der Waals surface area (Å²) >= 11 is 1.58. The fourth-order valence-corrected chi connectivity index (χ4v) is 2.92. The molecule has 1 saturated heterocycles. The third-order valence-corrected chi connectivity index (χ3v) is 4.07. The molecule has 0 aromatic carbocycles. The van der Waals surface area contributed by atoms with Crippen molar-refractivity contribution < 1.29 is 9.90 Å². The Balaban J connectivity index is 1.79. The summed E-state index contributed by atoms with van der Waals surface area (Å²) < 4.78 is 0. The number of amides is 1. The highest BCUT2D eigenvalue weighted by Gasteiger charge is 2.22. The van der Waals surface area contributed by atoms with E-state index >= 15 is 0 Å². The molecule has 106 valence electrons. The molecule has 1 amide bonds. The van der Waals surface area contributed by atoms with Gasteiger partial charge in [-0.05, 0) is 13.8 Å². The van der Waals surface area contributed by atoms with E-state index in [-0.39, 0.29) is 12.0 Å². The third kappa shape index (κ3) is 4.26. The van der Waals surface area contributed by atoms with Crippen molar-refractivity contribution in [3.63, 3.8) is 0 Å². The summed E-state index contributed by atoms with van der Waals surface area (Å²) in [7, 11) is 0. The lowest BCUT2D eigenvalue weighted by Gasteiger charge is -2.35. The second-order valence-corrected chi connectivity index (χ2v) is 6.13. The van der Waals surface area contributed by atoms with Gasteiger partial charge in [-0.15, -0.1) is 11.3 Å². The minimum absolute atomic E-state index is 0.155. The van der Waals surface area contributed by atoms with Crippen LogP contribution in [-0.2, 0) is 11.2 Å². The van der Waals surface area contributed by atoms with Crippen molar-refractivity contribution in [2.75, 3.05) is 32.7 Å². The number of rotatable bonds is 4. The SMILES string of the molecule is Cc1nc(CC(=O)N2CCN(C[C@@H](C)O)CC2)cs1. The van der Waals surface area contributed by atoms with Crippen molar-refractivity contribution in [1.29, 1.82) is 0 Å². The highest BCUT2D eigenvalue weighted by Crippen LogP contribution is 2.11. The molecule has 2 heterocycles. The lowest BCUT2D eigenvalue weighted by molar-refractivity contribution is -0.132. The number of aliphatic hydroxyl groups excluding tert-OH is 1. The first-order chi connectivity index (χ1) is 9.04. The van der Waals surface area contributed by atoms with Crippen LogP contribution in [0, 0.1) is 6.92 Å². The molecule has 1 aromatic rings. The van der Waals surface area contributed by atoms with Crippen molar-refractivity contribution >= 4 is 17.2 Å². The number of thiazole rings is 1. The Morgan fingerprint density at radius 3 is 2.68 bits per heavy atom. The fraction of sp³-hybridized carbons (Fsp3) is 0.692. The first kappa shape index (κ1) is 14.4. The Morgan fingerprint density at radius 2 is 2.16 bits per heavy atom. The molecule has 0 spiro atoms. The van der Waals surface area contributed by atoms with Gasteiger partial charge in [0.05, 0.1) is 23.2 Å². The summed E-state index contributed by atoms with van der Waals surface area (Å²) in [5.74, 6) is 0.155. The maximum atomic E-state index is 12.1. The minimum atomic E-state index is -0.305. The van der Waals surface area contributed by atoms with E-state index in [0.717, 1.165) is 36.9 Å². The number of aromatic nitrogens is 1. The second kappa shape index (κ2) is 6.45. The quantitative estimate of drug-likeness (QED) is 0.875. The average molecular weight is 283 g/mol. The van der Waals surface area contributed by atoms with Crippen LogP contribution >= 0.6 is 11.3 Å². The van der Waals surface area contributed by atoms with Gasteiger partial charge in [-0.25, -0.2) is 4.98 Å². The van der Waals surface area contributed by atoms with Crippen LogP contribution in [-0.4, -0.2) is 64.6 Å². The van der Waals surface area contributed by atoms with E-state index in [2.05, 4.69) is 9.88 Å². The van der Waals surface area contributed by atoms with Crippen LogP contribution in [0.15, 0.2) is 5.38 Å². The number of piperazine rings is 1. The predicted octanol–water partition coefficient (Wildman–Crippen LogP) is 0.519. The van der Waals surface area contributed by atoms with Crippen LogP contribution in [0.2, 0.25) is 0 Å². The summed E-state index contributed by atoms with van der Waals surface area (Å²) in [6.45, 7) is 7.60. The maximum Gasteiger partial charge on any atom is 0.228 e. The zero-order valence-electron chi connectivity index (χ0n) is 11.5. The molecule has 0 radical (unpaired) electrons. The van der Waals surface area contributed by atoms with Crippen LogP contribution in [0.25, 0.3) is 0 Å². The Hall–Kier alpha value is -0.980. The van der Waals surface area contributed by atoms with E-state index in [1.54, 1.807) is 18.3 Å². The Labute approximate surface area is 117 Å². The van der Waals surface area contributed by atoms with E-state index in [9.17, 15) is 9.90 Å². The van der Waals surface area contributed by atoms with E-state index in [4.69, 9.17) is 0 Å². The van der Waals surface area contributed by atoms with E-state index in [1.807, 2.05) is 17.2 Å². The van der Waals surface area contributed by atoms with Crippen molar-refractivity contribution in [3.05, 3.63) is 16.1 Å². The predicted molar refractivity (Wildman–Crippen MR) is 75.3 cm³/mol. The van der Waals surface area contributed by atoms with Gasteiger partial charge in [0, 0.05) is 38.1 Å². The van der Waals surface area contributed by atoms with Crippen LogP contribution in [0.1, 0.15) is 17.6 Å². The zero-order valence-corrected chi connectivity index (χ0v) is 12.3. The Bertz CT molecular complexity index is 425. The Kier molecular flexibility index (Phi) is 4.90. The summed E-state index contributed by atoms with van der Waals surface area (Å²) in [6, 6.07) is 0. The van der Waals surface area contributed by atoms with E-state index < -0.39 is 0 Å². The van der Waals surface area contributed by atoms with Gasteiger partial charge < -0.3 is 10.0 Å². The van der Waals surface area contributed by atoms with Gasteiger partial charge in [0.1, 0.15) is 0 Å². The molecule has 1 aliphatic rings. The van der Waals surface area contributed by atoms with Crippen LogP contribution in [0.3, 0.4) is 0 Å². The van der Waals surface area contributed by atoms with Gasteiger partial charge in [-0.3, -0.25) is 9.69 Å². The normalized spacial score (nSPS) is 18.6. The van der Waals surface area contributed by atoms with E-state index in [0.29, 0.717) is 13.0 Å². The molecule has 1 N–H and O–H groups in total. The second-order valence-electron chi connectivity index (χ2n) is 5.07. The average Bonchev–Trinajstić information content (AvgIpc) is 2.75. The third-order valence-electron chi connectivity index (χ3n) is 3.25. The lowest BCUT2D eigenvalue weighted by Crippen LogP contribution is -2.50. The number of carbonyl (C=O) groups is 1. The standard InChI is InChI=1S/C13H21N3O2S/c1-10(17)8-15-3-5-16(6-4-15)13(18)7-12-9-19-11(2)14-12/h9-10,17H,3-8H2,1-2H3/t10-/m1/s1. The van der Waals surface area contributed by atoms with Gasteiger partial charge in [0.25, 0.3) is 0 Å². The zero-order chi connectivity index (χ0) is 13.8. The van der Waals surface area contributed by atoms with Gasteiger partial charge in [0.15, 0.2) is 0 Å². The summed E-state index contributed by atoms with van der Waals surface area (Å²) in [5.41, 5.74) is 0.874.